The van der Waals surface area contributed by atoms with E-state index in [1.807, 2.05) is 12.1 Å². The van der Waals surface area contributed by atoms with Crippen LogP contribution in [0.3, 0.4) is 0 Å². The summed E-state index contributed by atoms with van der Waals surface area (Å²) in [6.45, 7) is 0.945. The van der Waals surface area contributed by atoms with Crippen molar-refractivity contribution in [3.05, 3.63) is 29.8 Å². The Balaban J connectivity index is 1.98. The Labute approximate surface area is 101 Å². The van der Waals surface area contributed by atoms with Gasteiger partial charge in [0.1, 0.15) is 0 Å². The quantitative estimate of drug-likeness (QED) is 0.795. The number of carbonyl (C=O) groups excluding carboxylic acids is 1. The normalized spacial score (nSPS) is 24.4. The lowest BCUT2D eigenvalue weighted by Crippen LogP contribution is -2.30. The fourth-order valence-electron chi connectivity index (χ4n) is 3.08. The summed E-state index contributed by atoms with van der Waals surface area (Å²) in [6.07, 6.45) is 2.96. The van der Waals surface area contributed by atoms with Gasteiger partial charge in [-0.3, -0.25) is 4.79 Å². The number of anilines is 1. The fraction of sp³-hybridized carbons (Fsp3) is 0.500. The number of fused-ring (bicyclic) bond motifs is 1. The lowest BCUT2D eigenvalue weighted by Gasteiger charge is -2.31. The minimum Gasteiger partial charge on any atom is -0.469 e. The van der Waals surface area contributed by atoms with E-state index >= 15 is 0 Å². The van der Waals surface area contributed by atoms with Gasteiger partial charge in [-0.15, -0.1) is 0 Å². The Kier molecular flexibility index (Phi) is 2.35. The first kappa shape index (κ1) is 10.6. The minimum atomic E-state index is -0.229. The van der Waals surface area contributed by atoms with Crippen LogP contribution in [0.2, 0.25) is 0 Å². The van der Waals surface area contributed by atoms with Gasteiger partial charge in [0.05, 0.1) is 12.5 Å². The molecule has 0 bridgehead atoms. The SMILES string of the molecule is COC(=O)C1(C2CCNc3ccccc32)CC1. The van der Waals surface area contributed by atoms with Crippen LogP contribution in [0.1, 0.15) is 30.7 Å². The summed E-state index contributed by atoms with van der Waals surface area (Å²) in [7, 11) is 1.50. The largest absolute Gasteiger partial charge is 0.469 e. The Bertz CT molecular complexity index is 451. The summed E-state index contributed by atoms with van der Waals surface area (Å²) in [6, 6.07) is 8.31. The van der Waals surface area contributed by atoms with Crippen LogP contribution in [0.5, 0.6) is 0 Å². The number of rotatable bonds is 2. The average molecular weight is 231 g/mol. The number of methoxy groups -OCH3 is 1. The van der Waals surface area contributed by atoms with Gasteiger partial charge in [-0.25, -0.2) is 0 Å². The van der Waals surface area contributed by atoms with E-state index in [1.54, 1.807) is 0 Å². The van der Waals surface area contributed by atoms with Gasteiger partial charge >= 0.3 is 5.97 Å². The van der Waals surface area contributed by atoms with E-state index in [1.165, 1.54) is 18.4 Å². The molecule has 1 aromatic carbocycles. The number of hydrogen-bond acceptors (Lipinski definition) is 3. The molecule has 1 heterocycles. The van der Waals surface area contributed by atoms with Crippen molar-refractivity contribution >= 4 is 11.7 Å². The zero-order valence-electron chi connectivity index (χ0n) is 10.0. The Hall–Kier alpha value is -1.51. The molecule has 3 rings (SSSR count). The molecule has 1 atom stereocenters. The Morgan fingerprint density at radius 2 is 2.18 bits per heavy atom. The van der Waals surface area contributed by atoms with Crippen LogP contribution in [-0.4, -0.2) is 19.6 Å². The zero-order chi connectivity index (χ0) is 11.9. The van der Waals surface area contributed by atoms with E-state index < -0.39 is 0 Å². The summed E-state index contributed by atoms with van der Waals surface area (Å²) >= 11 is 0. The molecule has 0 radical (unpaired) electrons. The number of ether oxygens (including phenoxy) is 1. The topological polar surface area (TPSA) is 38.3 Å². The van der Waals surface area contributed by atoms with E-state index in [0.29, 0.717) is 5.92 Å². The molecule has 1 N–H and O–H groups in total. The maximum absolute atomic E-state index is 12.0. The van der Waals surface area contributed by atoms with Gasteiger partial charge in [0.25, 0.3) is 0 Å². The summed E-state index contributed by atoms with van der Waals surface area (Å²) in [5.74, 6) is 0.298. The molecular weight excluding hydrogens is 214 g/mol. The van der Waals surface area contributed by atoms with Crippen molar-refractivity contribution in [2.45, 2.75) is 25.2 Å². The van der Waals surface area contributed by atoms with Crippen LogP contribution in [-0.2, 0) is 9.53 Å². The molecule has 1 aliphatic heterocycles. The van der Waals surface area contributed by atoms with E-state index in [2.05, 4.69) is 17.4 Å². The molecule has 0 spiro atoms. The maximum atomic E-state index is 12.0. The second kappa shape index (κ2) is 3.76. The smallest absolute Gasteiger partial charge is 0.312 e. The number of benzene rings is 1. The van der Waals surface area contributed by atoms with Crippen LogP contribution in [0.15, 0.2) is 24.3 Å². The molecule has 1 fully saturated rings. The van der Waals surface area contributed by atoms with Gasteiger partial charge in [0, 0.05) is 18.2 Å². The molecular formula is C14H17NO2. The predicted molar refractivity (Wildman–Crippen MR) is 66.0 cm³/mol. The molecule has 1 aliphatic carbocycles. The van der Waals surface area contributed by atoms with Gasteiger partial charge in [-0.1, -0.05) is 18.2 Å². The fourth-order valence-corrected chi connectivity index (χ4v) is 3.08. The van der Waals surface area contributed by atoms with Crippen molar-refractivity contribution in [3.8, 4) is 0 Å². The van der Waals surface area contributed by atoms with Crippen LogP contribution in [0, 0.1) is 5.41 Å². The van der Waals surface area contributed by atoms with Gasteiger partial charge in [-0.05, 0) is 30.9 Å². The molecule has 0 saturated heterocycles. The molecule has 90 valence electrons. The molecule has 1 unspecified atom stereocenters. The summed E-state index contributed by atoms with van der Waals surface area (Å²) in [5, 5.41) is 3.40. The Morgan fingerprint density at radius 1 is 1.41 bits per heavy atom. The van der Waals surface area contributed by atoms with E-state index in [4.69, 9.17) is 4.74 Å². The third kappa shape index (κ3) is 1.53. The van der Waals surface area contributed by atoms with E-state index in [0.717, 1.165) is 25.8 Å². The molecule has 3 nitrogen and oxygen atoms in total. The lowest BCUT2D eigenvalue weighted by atomic mass is 9.78. The highest BCUT2D eigenvalue weighted by Crippen LogP contribution is 2.59. The highest BCUT2D eigenvalue weighted by atomic mass is 16.5. The van der Waals surface area contributed by atoms with Crippen LogP contribution < -0.4 is 5.32 Å². The average Bonchev–Trinajstić information content (AvgIpc) is 3.18. The third-order valence-electron chi connectivity index (χ3n) is 4.13. The molecule has 0 aromatic heterocycles. The second-order valence-corrected chi connectivity index (χ2v) is 5.00. The molecule has 1 aromatic rings. The zero-order valence-corrected chi connectivity index (χ0v) is 10.0. The van der Waals surface area contributed by atoms with Crippen molar-refractivity contribution in [3.63, 3.8) is 0 Å². The summed E-state index contributed by atoms with van der Waals surface area (Å²) in [4.78, 5) is 12.0. The molecule has 2 aliphatic rings. The maximum Gasteiger partial charge on any atom is 0.312 e. The molecule has 1 saturated carbocycles. The number of carbonyl (C=O) groups is 1. The van der Waals surface area contributed by atoms with Gasteiger partial charge in [-0.2, -0.15) is 0 Å². The van der Waals surface area contributed by atoms with Crippen LogP contribution in [0.25, 0.3) is 0 Å². The molecule has 0 amide bonds. The monoisotopic (exact) mass is 231 g/mol. The van der Waals surface area contributed by atoms with Crippen molar-refractivity contribution in [2.75, 3.05) is 19.0 Å². The first-order chi connectivity index (χ1) is 8.28. The van der Waals surface area contributed by atoms with Crippen molar-refractivity contribution < 1.29 is 9.53 Å². The predicted octanol–water partition coefficient (Wildman–Crippen LogP) is 2.54. The molecule has 3 heteroatoms. The van der Waals surface area contributed by atoms with Crippen molar-refractivity contribution in [1.29, 1.82) is 0 Å². The second-order valence-electron chi connectivity index (χ2n) is 5.00. The first-order valence-electron chi connectivity index (χ1n) is 6.19. The van der Waals surface area contributed by atoms with Crippen molar-refractivity contribution in [2.24, 2.45) is 5.41 Å². The third-order valence-corrected chi connectivity index (χ3v) is 4.13. The highest BCUT2D eigenvalue weighted by molar-refractivity contribution is 5.82. The van der Waals surface area contributed by atoms with Gasteiger partial charge < -0.3 is 10.1 Å². The van der Waals surface area contributed by atoms with Crippen molar-refractivity contribution in [1.82, 2.24) is 0 Å². The minimum absolute atomic E-state index is 0.0285. The number of hydrogen-bond donors (Lipinski definition) is 1. The summed E-state index contributed by atoms with van der Waals surface area (Å²) < 4.78 is 4.99. The summed E-state index contributed by atoms with van der Waals surface area (Å²) in [5.41, 5.74) is 2.23. The van der Waals surface area contributed by atoms with Gasteiger partial charge in [0.15, 0.2) is 0 Å². The molecule has 17 heavy (non-hydrogen) atoms. The number of esters is 1. The van der Waals surface area contributed by atoms with Gasteiger partial charge in [0.2, 0.25) is 0 Å². The van der Waals surface area contributed by atoms with Crippen LogP contribution in [0.4, 0.5) is 5.69 Å². The highest BCUT2D eigenvalue weighted by Gasteiger charge is 2.57. The number of nitrogens with one attached hydrogen (secondary N) is 1. The lowest BCUT2D eigenvalue weighted by molar-refractivity contribution is -0.148. The Morgan fingerprint density at radius 3 is 2.88 bits per heavy atom. The number of para-hydroxylation sites is 1. The standard InChI is InChI=1S/C14H17NO2/c1-17-13(16)14(7-8-14)11-6-9-15-12-5-3-2-4-10(11)12/h2-5,11,15H,6-9H2,1H3. The van der Waals surface area contributed by atoms with E-state index in [9.17, 15) is 4.79 Å². The first-order valence-corrected chi connectivity index (χ1v) is 6.19. The van der Waals surface area contributed by atoms with E-state index in [-0.39, 0.29) is 11.4 Å². The van der Waals surface area contributed by atoms with Crippen LogP contribution >= 0.6 is 0 Å².